The second-order valence-corrected chi connectivity index (χ2v) is 4.08. The molecule has 10 nitrogen and oxygen atoms in total. The molecule has 106 valence electrons. The van der Waals surface area contributed by atoms with Crippen LogP contribution in [0.25, 0.3) is 0 Å². The van der Waals surface area contributed by atoms with E-state index in [1.54, 1.807) is 5.48 Å². The van der Waals surface area contributed by atoms with Crippen LogP contribution in [0.5, 0.6) is 0 Å². The van der Waals surface area contributed by atoms with Gasteiger partial charge < -0.3 is 25.8 Å². The largest absolute Gasteiger partial charge is 0.394 e. The Hall–Kier alpha value is -1.72. The summed E-state index contributed by atoms with van der Waals surface area (Å²) in [5.74, 6) is -0.229. The van der Waals surface area contributed by atoms with E-state index in [1.807, 2.05) is 0 Å². The Labute approximate surface area is 106 Å². The fourth-order valence-corrected chi connectivity index (χ4v) is 1.87. The first kappa shape index (κ1) is 13.7. The fraction of sp³-hybridized carbons (Fsp3) is 0.556. The van der Waals surface area contributed by atoms with Crippen molar-refractivity contribution in [1.82, 2.24) is 9.55 Å². The lowest BCUT2D eigenvalue weighted by Gasteiger charge is -2.18. The highest BCUT2D eigenvalue weighted by Gasteiger charge is 2.43. The molecule has 10 heteroatoms. The van der Waals surface area contributed by atoms with E-state index in [-0.39, 0.29) is 11.5 Å². The normalized spacial score (nSPS) is 30.5. The summed E-state index contributed by atoms with van der Waals surface area (Å²) in [7, 11) is 0. The number of nitrogens with one attached hydrogen (secondary N) is 1. The highest BCUT2D eigenvalue weighted by molar-refractivity contribution is 5.57. The van der Waals surface area contributed by atoms with E-state index in [0.29, 0.717) is 0 Å². The maximum absolute atomic E-state index is 11.7. The second kappa shape index (κ2) is 5.11. The van der Waals surface area contributed by atoms with Crippen molar-refractivity contribution < 1.29 is 25.3 Å². The van der Waals surface area contributed by atoms with E-state index in [1.165, 1.54) is 0 Å². The Morgan fingerprint density at radius 3 is 2.68 bits per heavy atom. The van der Waals surface area contributed by atoms with E-state index < -0.39 is 36.8 Å². The molecule has 0 amide bonds. The third kappa shape index (κ3) is 2.27. The monoisotopic (exact) mass is 274 g/mol. The van der Waals surface area contributed by atoms with Crippen LogP contribution < -0.4 is 16.9 Å². The molecule has 19 heavy (non-hydrogen) atoms. The van der Waals surface area contributed by atoms with Gasteiger partial charge in [-0.25, -0.2) is 4.79 Å². The summed E-state index contributed by atoms with van der Waals surface area (Å²) in [5, 5.41) is 37.0. The first-order chi connectivity index (χ1) is 8.99. The van der Waals surface area contributed by atoms with Gasteiger partial charge in [0.1, 0.15) is 18.3 Å². The van der Waals surface area contributed by atoms with Crippen LogP contribution >= 0.6 is 0 Å². The molecule has 1 fully saturated rings. The average molecular weight is 274 g/mol. The molecular weight excluding hydrogens is 260 g/mol. The smallest absolute Gasteiger partial charge is 0.351 e. The highest BCUT2D eigenvalue weighted by Crippen LogP contribution is 2.28. The number of anilines is 2. The van der Waals surface area contributed by atoms with Gasteiger partial charge in [-0.1, -0.05) is 0 Å². The summed E-state index contributed by atoms with van der Waals surface area (Å²) in [6.07, 6.45) is -3.87. The molecule has 2 rings (SSSR count). The number of aliphatic hydroxyl groups excluding tert-OH is 3. The zero-order valence-corrected chi connectivity index (χ0v) is 9.67. The van der Waals surface area contributed by atoms with Crippen molar-refractivity contribution in [1.29, 1.82) is 0 Å². The molecular formula is C9H14N4O6. The first-order valence-corrected chi connectivity index (χ1v) is 5.40. The molecule has 1 aliphatic rings. The van der Waals surface area contributed by atoms with Gasteiger partial charge in [-0.05, 0) is 0 Å². The predicted octanol–water partition coefficient (Wildman–Crippen LogP) is -2.76. The molecule has 0 spiro atoms. The van der Waals surface area contributed by atoms with Gasteiger partial charge in [-0.2, -0.15) is 4.98 Å². The van der Waals surface area contributed by atoms with Crippen LogP contribution in [-0.4, -0.2) is 55.0 Å². The number of rotatable bonds is 3. The Bertz CT molecular complexity index is 520. The van der Waals surface area contributed by atoms with Crippen LogP contribution in [0, 0.1) is 0 Å². The van der Waals surface area contributed by atoms with E-state index in [0.717, 1.165) is 10.8 Å². The quantitative estimate of drug-likeness (QED) is 0.320. The molecule has 2 unspecified atom stereocenters. The molecule has 0 bridgehead atoms. The minimum Gasteiger partial charge on any atom is -0.394 e. The van der Waals surface area contributed by atoms with Crippen molar-refractivity contribution in [2.45, 2.75) is 24.5 Å². The van der Waals surface area contributed by atoms with E-state index in [9.17, 15) is 15.0 Å². The number of nitrogens with two attached hydrogens (primary N) is 1. The zero-order chi connectivity index (χ0) is 14.2. The molecule has 0 aromatic carbocycles. The van der Waals surface area contributed by atoms with Crippen molar-refractivity contribution in [3.63, 3.8) is 0 Å². The fourth-order valence-electron chi connectivity index (χ4n) is 1.87. The summed E-state index contributed by atoms with van der Waals surface area (Å²) in [4.78, 5) is 15.1. The lowest BCUT2D eigenvalue weighted by molar-refractivity contribution is -0.0548. The van der Waals surface area contributed by atoms with Gasteiger partial charge in [0.15, 0.2) is 12.0 Å². The molecule has 4 atom stereocenters. The summed E-state index contributed by atoms with van der Waals surface area (Å²) in [6, 6.07) is 0. The number of nitrogens with zero attached hydrogens (tertiary/aromatic N) is 2. The maximum atomic E-state index is 11.7. The average Bonchev–Trinajstić information content (AvgIpc) is 2.68. The molecule has 1 aromatic rings. The molecule has 0 radical (unpaired) electrons. The van der Waals surface area contributed by atoms with E-state index >= 15 is 0 Å². The van der Waals surface area contributed by atoms with E-state index in [4.69, 9.17) is 20.8 Å². The van der Waals surface area contributed by atoms with Gasteiger partial charge in [-0.3, -0.25) is 15.3 Å². The highest BCUT2D eigenvalue weighted by atomic mass is 16.6. The number of nitrogen functional groups attached to an aromatic ring is 1. The van der Waals surface area contributed by atoms with Crippen LogP contribution in [0.4, 0.5) is 11.5 Å². The van der Waals surface area contributed by atoms with Crippen LogP contribution in [0.3, 0.4) is 0 Å². The van der Waals surface area contributed by atoms with Gasteiger partial charge >= 0.3 is 5.69 Å². The number of aliphatic hydroxyl groups is 3. The lowest BCUT2D eigenvalue weighted by Crippen LogP contribution is -2.36. The summed E-state index contributed by atoms with van der Waals surface area (Å²) in [5.41, 5.74) is 6.27. The molecule has 0 aliphatic carbocycles. The Morgan fingerprint density at radius 1 is 1.47 bits per heavy atom. The van der Waals surface area contributed by atoms with Gasteiger partial charge in [0, 0.05) is 6.20 Å². The van der Waals surface area contributed by atoms with Crippen LogP contribution in [-0.2, 0) is 4.74 Å². The lowest BCUT2D eigenvalue weighted by atomic mass is 10.1. The molecule has 0 saturated carbocycles. The van der Waals surface area contributed by atoms with Crippen LogP contribution in [0.15, 0.2) is 11.0 Å². The van der Waals surface area contributed by atoms with Crippen molar-refractivity contribution in [2.75, 3.05) is 17.8 Å². The first-order valence-electron chi connectivity index (χ1n) is 5.40. The maximum Gasteiger partial charge on any atom is 0.351 e. The Morgan fingerprint density at radius 2 is 2.16 bits per heavy atom. The zero-order valence-electron chi connectivity index (χ0n) is 9.67. The molecule has 2 heterocycles. The molecule has 1 aromatic heterocycles. The van der Waals surface area contributed by atoms with Gasteiger partial charge in [-0.15, -0.1) is 0 Å². The van der Waals surface area contributed by atoms with Crippen LogP contribution in [0.1, 0.15) is 6.23 Å². The third-order valence-corrected chi connectivity index (χ3v) is 2.88. The number of aromatic nitrogens is 2. The van der Waals surface area contributed by atoms with Gasteiger partial charge in [0.05, 0.1) is 12.3 Å². The molecule has 1 aliphatic heterocycles. The van der Waals surface area contributed by atoms with Crippen molar-refractivity contribution in [3.05, 3.63) is 16.7 Å². The summed E-state index contributed by atoms with van der Waals surface area (Å²) >= 11 is 0. The number of hydrogen-bond donors (Lipinski definition) is 6. The number of ether oxygens (including phenoxy) is 1. The standard InChI is InChI=1S/C9H14N4O6/c10-3-1-13(9(17)11-7(3)12-18)8-6(16)5(15)4(2-14)19-8/h1,4-6,8,14-16,18H,2,10H2,(H,11,12,17)/t4-,5?,6?,8-/m1/s1. The van der Waals surface area contributed by atoms with Crippen LogP contribution in [0.2, 0.25) is 0 Å². The van der Waals surface area contributed by atoms with E-state index in [2.05, 4.69) is 4.98 Å². The minimum atomic E-state index is -1.41. The van der Waals surface area contributed by atoms with Crippen molar-refractivity contribution in [3.8, 4) is 0 Å². The second-order valence-electron chi connectivity index (χ2n) is 4.08. The molecule has 1 saturated heterocycles. The number of hydrogen-bond acceptors (Lipinski definition) is 9. The topological polar surface area (TPSA) is 163 Å². The van der Waals surface area contributed by atoms with Crippen molar-refractivity contribution >= 4 is 11.5 Å². The predicted molar refractivity (Wildman–Crippen MR) is 61.3 cm³/mol. The Balaban J connectivity index is 2.38. The third-order valence-electron chi connectivity index (χ3n) is 2.88. The van der Waals surface area contributed by atoms with Gasteiger partial charge in [0.2, 0.25) is 0 Å². The Kier molecular flexibility index (Phi) is 3.68. The summed E-state index contributed by atoms with van der Waals surface area (Å²) in [6.45, 7) is -0.511. The molecule has 7 N–H and O–H groups in total. The van der Waals surface area contributed by atoms with Crippen molar-refractivity contribution in [2.24, 2.45) is 0 Å². The van der Waals surface area contributed by atoms with Gasteiger partial charge in [0.25, 0.3) is 0 Å². The minimum absolute atomic E-state index is 0.0557. The summed E-state index contributed by atoms with van der Waals surface area (Å²) < 4.78 is 6.04. The SMILES string of the molecule is Nc1cn([C@@H]2O[C@H](CO)C(O)C2O)c(=O)nc1NO.